The number of ether oxygens (including phenoxy) is 1. The fourth-order valence-electron chi connectivity index (χ4n) is 2.02. The van der Waals surface area contributed by atoms with Gasteiger partial charge in [-0.1, -0.05) is 0 Å². The van der Waals surface area contributed by atoms with E-state index in [-0.39, 0.29) is 12.6 Å². The molecule has 0 bridgehead atoms. The molecular formula is C16H18N2O4. The highest BCUT2D eigenvalue weighted by molar-refractivity contribution is 5.65. The van der Waals surface area contributed by atoms with Gasteiger partial charge in [0.2, 0.25) is 0 Å². The summed E-state index contributed by atoms with van der Waals surface area (Å²) < 4.78 is 15.9. The van der Waals surface area contributed by atoms with Crippen molar-refractivity contribution in [2.24, 2.45) is 0 Å². The molecule has 0 unspecified atom stereocenters. The van der Waals surface area contributed by atoms with Gasteiger partial charge < -0.3 is 13.6 Å². The SMILES string of the molecule is CC(=O)OCc1ccc(CN(CCC#N)Cc2ccco2)o1. The summed E-state index contributed by atoms with van der Waals surface area (Å²) >= 11 is 0. The Hall–Kier alpha value is -2.52. The predicted molar refractivity (Wildman–Crippen MR) is 77.2 cm³/mol. The van der Waals surface area contributed by atoms with Crippen molar-refractivity contribution >= 4 is 5.97 Å². The maximum Gasteiger partial charge on any atom is 0.303 e. The van der Waals surface area contributed by atoms with Crippen molar-refractivity contribution in [3.63, 3.8) is 0 Å². The van der Waals surface area contributed by atoms with Gasteiger partial charge in [0.1, 0.15) is 23.9 Å². The van der Waals surface area contributed by atoms with Gasteiger partial charge in [-0.2, -0.15) is 5.26 Å². The average Bonchev–Trinajstić information content (AvgIpc) is 3.14. The molecule has 2 heterocycles. The van der Waals surface area contributed by atoms with Crippen LogP contribution in [0.4, 0.5) is 0 Å². The van der Waals surface area contributed by atoms with Crippen molar-refractivity contribution in [2.75, 3.05) is 6.54 Å². The van der Waals surface area contributed by atoms with Crippen molar-refractivity contribution in [1.82, 2.24) is 4.90 Å². The molecule has 0 atom stereocenters. The highest BCUT2D eigenvalue weighted by atomic mass is 16.5. The van der Waals surface area contributed by atoms with Gasteiger partial charge in [-0.05, 0) is 24.3 Å². The van der Waals surface area contributed by atoms with E-state index in [0.29, 0.717) is 31.8 Å². The first kappa shape index (κ1) is 15.9. The number of nitrogens with zero attached hydrogens (tertiary/aromatic N) is 2. The second-order valence-corrected chi connectivity index (χ2v) is 4.85. The lowest BCUT2D eigenvalue weighted by Gasteiger charge is -2.18. The molecule has 0 aliphatic carbocycles. The minimum absolute atomic E-state index is 0.131. The summed E-state index contributed by atoms with van der Waals surface area (Å²) in [4.78, 5) is 12.9. The fraction of sp³-hybridized carbons (Fsp3) is 0.375. The number of furan rings is 2. The van der Waals surface area contributed by atoms with Crippen molar-refractivity contribution in [3.8, 4) is 6.07 Å². The van der Waals surface area contributed by atoms with Crippen LogP contribution in [0.2, 0.25) is 0 Å². The molecule has 116 valence electrons. The van der Waals surface area contributed by atoms with Crippen LogP contribution >= 0.6 is 0 Å². The molecule has 6 nitrogen and oxygen atoms in total. The number of nitriles is 1. The number of carbonyl (C=O) groups is 1. The van der Waals surface area contributed by atoms with Gasteiger partial charge in [-0.15, -0.1) is 0 Å². The summed E-state index contributed by atoms with van der Waals surface area (Å²) in [6.07, 6.45) is 2.06. The molecule has 0 radical (unpaired) electrons. The Morgan fingerprint density at radius 3 is 2.73 bits per heavy atom. The highest BCUT2D eigenvalue weighted by Crippen LogP contribution is 2.14. The van der Waals surface area contributed by atoms with E-state index in [2.05, 4.69) is 11.0 Å². The van der Waals surface area contributed by atoms with E-state index in [1.807, 2.05) is 18.2 Å². The molecule has 0 saturated carbocycles. The summed E-state index contributed by atoms with van der Waals surface area (Å²) in [5, 5.41) is 8.76. The van der Waals surface area contributed by atoms with Gasteiger partial charge in [0.15, 0.2) is 0 Å². The Labute approximate surface area is 128 Å². The smallest absolute Gasteiger partial charge is 0.303 e. The van der Waals surface area contributed by atoms with Crippen LogP contribution < -0.4 is 0 Å². The van der Waals surface area contributed by atoms with Crippen molar-refractivity contribution in [1.29, 1.82) is 5.26 Å². The molecule has 0 saturated heterocycles. The predicted octanol–water partition coefficient (Wildman–Crippen LogP) is 2.85. The zero-order valence-electron chi connectivity index (χ0n) is 12.4. The monoisotopic (exact) mass is 302 g/mol. The van der Waals surface area contributed by atoms with Crippen LogP contribution in [0.25, 0.3) is 0 Å². The Kier molecular flexibility index (Phi) is 5.81. The summed E-state index contributed by atoms with van der Waals surface area (Å²) in [7, 11) is 0. The largest absolute Gasteiger partial charge is 0.468 e. The van der Waals surface area contributed by atoms with E-state index >= 15 is 0 Å². The van der Waals surface area contributed by atoms with E-state index in [1.54, 1.807) is 12.3 Å². The lowest BCUT2D eigenvalue weighted by Crippen LogP contribution is -2.23. The molecule has 0 spiro atoms. The van der Waals surface area contributed by atoms with Crippen LogP contribution in [0.5, 0.6) is 0 Å². The minimum Gasteiger partial charge on any atom is -0.468 e. The number of rotatable bonds is 8. The second kappa shape index (κ2) is 8.05. The van der Waals surface area contributed by atoms with Crippen LogP contribution in [-0.4, -0.2) is 17.4 Å². The summed E-state index contributed by atoms with van der Waals surface area (Å²) in [6.45, 7) is 3.27. The van der Waals surface area contributed by atoms with E-state index in [0.717, 1.165) is 11.5 Å². The number of hydrogen-bond donors (Lipinski definition) is 0. The maximum atomic E-state index is 10.8. The minimum atomic E-state index is -0.341. The van der Waals surface area contributed by atoms with Crippen LogP contribution in [0.1, 0.15) is 30.6 Å². The highest BCUT2D eigenvalue weighted by Gasteiger charge is 2.12. The first-order valence-electron chi connectivity index (χ1n) is 7.00. The number of carbonyl (C=O) groups excluding carboxylic acids is 1. The van der Waals surface area contributed by atoms with Crippen LogP contribution in [0.15, 0.2) is 39.4 Å². The molecule has 0 aromatic carbocycles. The summed E-state index contributed by atoms with van der Waals surface area (Å²) in [6, 6.07) is 9.51. The average molecular weight is 302 g/mol. The Morgan fingerprint density at radius 1 is 1.27 bits per heavy atom. The van der Waals surface area contributed by atoms with Crippen molar-refractivity contribution in [3.05, 3.63) is 47.8 Å². The third-order valence-electron chi connectivity index (χ3n) is 3.01. The molecule has 6 heteroatoms. The standard InChI is InChI=1S/C16H18N2O4/c1-13(19)21-12-16-6-5-15(22-16)11-18(8-3-7-17)10-14-4-2-9-20-14/h2,4-6,9H,3,8,10-12H2,1H3. The molecular weight excluding hydrogens is 284 g/mol. The third kappa shape index (κ3) is 5.11. The molecule has 2 aromatic rings. The normalized spacial score (nSPS) is 10.6. The van der Waals surface area contributed by atoms with Gasteiger partial charge in [0, 0.05) is 19.9 Å². The van der Waals surface area contributed by atoms with E-state index in [9.17, 15) is 4.79 Å². The van der Waals surface area contributed by atoms with Crippen LogP contribution in [0.3, 0.4) is 0 Å². The van der Waals surface area contributed by atoms with Crippen LogP contribution in [-0.2, 0) is 29.2 Å². The van der Waals surface area contributed by atoms with Gasteiger partial charge in [-0.25, -0.2) is 0 Å². The Morgan fingerprint density at radius 2 is 2.05 bits per heavy atom. The second-order valence-electron chi connectivity index (χ2n) is 4.85. The maximum absolute atomic E-state index is 10.8. The first-order chi connectivity index (χ1) is 10.7. The quantitative estimate of drug-likeness (QED) is 0.698. The molecule has 0 fully saturated rings. The topological polar surface area (TPSA) is 79.6 Å². The molecule has 0 aliphatic rings. The molecule has 0 N–H and O–H groups in total. The van der Waals surface area contributed by atoms with E-state index in [4.69, 9.17) is 18.8 Å². The fourth-order valence-corrected chi connectivity index (χ4v) is 2.02. The number of esters is 1. The third-order valence-corrected chi connectivity index (χ3v) is 3.01. The lowest BCUT2D eigenvalue weighted by atomic mass is 10.3. The van der Waals surface area contributed by atoms with E-state index < -0.39 is 0 Å². The molecule has 0 aliphatic heterocycles. The number of hydrogen-bond acceptors (Lipinski definition) is 6. The first-order valence-corrected chi connectivity index (χ1v) is 7.00. The van der Waals surface area contributed by atoms with Crippen LogP contribution in [0, 0.1) is 11.3 Å². The van der Waals surface area contributed by atoms with Gasteiger partial charge in [0.25, 0.3) is 0 Å². The molecule has 2 aromatic heterocycles. The lowest BCUT2D eigenvalue weighted by molar-refractivity contribution is -0.142. The van der Waals surface area contributed by atoms with Gasteiger partial charge in [-0.3, -0.25) is 9.69 Å². The zero-order chi connectivity index (χ0) is 15.8. The molecule has 2 rings (SSSR count). The Balaban J connectivity index is 1.94. The zero-order valence-corrected chi connectivity index (χ0v) is 12.4. The molecule has 0 amide bonds. The van der Waals surface area contributed by atoms with Gasteiger partial charge >= 0.3 is 5.97 Å². The van der Waals surface area contributed by atoms with Crippen molar-refractivity contribution in [2.45, 2.75) is 33.0 Å². The van der Waals surface area contributed by atoms with Crippen molar-refractivity contribution < 1.29 is 18.4 Å². The Bertz CT molecular complexity index is 625. The summed E-state index contributed by atoms with van der Waals surface area (Å²) in [5.74, 6) is 1.85. The molecule has 22 heavy (non-hydrogen) atoms. The summed E-state index contributed by atoms with van der Waals surface area (Å²) in [5.41, 5.74) is 0. The van der Waals surface area contributed by atoms with E-state index in [1.165, 1.54) is 6.92 Å². The van der Waals surface area contributed by atoms with Gasteiger partial charge in [0.05, 0.1) is 25.4 Å².